The number of aryl methyl sites for hydroxylation is 2. The van der Waals surface area contributed by atoms with Crippen molar-refractivity contribution in [2.45, 2.75) is 38.0 Å². The summed E-state index contributed by atoms with van der Waals surface area (Å²) in [6, 6.07) is 27.1. The molecule has 2 saturated heterocycles. The second-order valence-electron chi connectivity index (χ2n) is 13.9. The zero-order valence-corrected chi connectivity index (χ0v) is 27.9. The van der Waals surface area contributed by atoms with Crippen molar-refractivity contribution in [1.29, 1.82) is 0 Å². The highest BCUT2D eigenvalue weighted by atomic mass is 16.6. The van der Waals surface area contributed by atoms with Crippen molar-refractivity contribution in [3.05, 3.63) is 141 Å². The van der Waals surface area contributed by atoms with Crippen LogP contribution in [0.2, 0.25) is 0 Å². The molecule has 11 nitrogen and oxygen atoms in total. The molecule has 2 heterocycles. The van der Waals surface area contributed by atoms with Crippen LogP contribution in [0.1, 0.15) is 41.0 Å². The average Bonchev–Trinajstić information content (AvgIpc) is 3.51. The Morgan fingerprint density at radius 2 is 1.55 bits per heavy atom. The van der Waals surface area contributed by atoms with Crippen LogP contribution in [0, 0.1) is 47.6 Å². The predicted octanol–water partition coefficient (Wildman–Crippen LogP) is 6.11. The number of phenols is 1. The number of anilines is 2. The molecule has 0 bridgehead atoms. The maximum Gasteiger partial charge on any atom is 0.269 e. The number of hydrazine groups is 1. The maximum absolute atomic E-state index is 15.2. The summed E-state index contributed by atoms with van der Waals surface area (Å²) in [5, 5.41) is 23.0. The fourth-order valence-corrected chi connectivity index (χ4v) is 8.96. The van der Waals surface area contributed by atoms with Gasteiger partial charge in [0, 0.05) is 18.1 Å². The van der Waals surface area contributed by atoms with Gasteiger partial charge < -0.3 is 5.11 Å². The van der Waals surface area contributed by atoms with Crippen molar-refractivity contribution in [3.63, 3.8) is 0 Å². The molecule has 6 atom stereocenters. The number of nitrogens with zero attached hydrogens (tertiary/aromatic N) is 3. The number of allylic oxidation sites excluding steroid dienone is 2. The Bertz CT molecular complexity index is 2170. The number of nitrogens with one attached hydrogen (secondary N) is 1. The molecule has 0 radical (unpaired) electrons. The number of imide groups is 2. The number of aromatic hydroxyl groups is 1. The number of nitro benzene ring substituents is 1. The second kappa shape index (κ2) is 11.8. The lowest BCUT2D eigenvalue weighted by Crippen LogP contribution is -2.53. The van der Waals surface area contributed by atoms with Gasteiger partial charge in [0.05, 0.1) is 39.5 Å². The highest BCUT2D eigenvalue weighted by Gasteiger charge is 2.70. The number of hydrogen-bond acceptors (Lipinski definition) is 8. The van der Waals surface area contributed by atoms with Crippen molar-refractivity contribution >= 4 is 40.7 Å². The van der Waals surface area contributed by atoms with Gasteiger partial charge in [-0.3, -0.25) is 39.6 Å². The molecule has 11 heteroatoms. The van der Waals surface area contributed by atoms with Crippen molar-refractivity contribution < 1.29 is 29.2 Å². The van der Waals surface area contributed by atoms with E-state index in [-0.39, 0.29) is 30.0 Å². The molecule has 2 aliphatic carbocycles. The first kappa shape index (κ1) is 32.1. The molecule has 1 saturated carbocycles. The summed E-state index contributed by atoms with van der Waals surface area (Å²) in [6.07, 6.45) is 2.35. The van der Waals surface area contributed by atoms with Crippen LogP contribution in [0.15, 0.2) is 109 Å². The van der Waals surface area contributed by atoms with E-state index >= 15 is 4.79 Å². The standard InChI is InChI=1S/C40H34N4O7/c1-22-8-11-26(12-9-22)41-43-37(47)32-21-31-29(17-18-30-34(31)38(48)42(36(30)46)27-13-15-28(16-14-27)44(50)51)35(24-10-19-33(45)23(2)20-24)40(32,39(43)49)25-6-4-3-5-7-25/h3-17,19-20,30-32,34-35,41,45H,18,21H2,1-2H3. The van der Waals surface area contributed by atoms with Gasteiger partial charge in [-0.25, -0.2) is 0 Å². The van der Waals surface area contributed by atoms with Crippen LogP contribution in [0.3, 0.4) is 0 Å². The minimum absolute atomic E-state index is 0.0842. The number of carbonyl (C=O) groups is 4. The lowest BCUT2D eigenvalue weighted by molar-refractivity contribution is -0.384. The Morgan fingerprint density at radius 1 is 0.843 bits per heavy atom. The normalized spacial score (nSPS) is 26.8. The van der Waals surface area contributed by atoms with Crippen LogP contribution in [0.4, 0.5) is 17.1 Å². The van der Waals surface area contributed by atoms with E-state index in [1.54, 1.807) is 31.2 Å². The third-order valence-corrected chi connectivity index (χ3v) is 11.3. The van der Waals surface area contributed by atoms with Crippen LogP contribution in [0.25, 0.3) is 0 Å². The quantitative estimate of drug-likeness (QED) is 0.107. The van der Waals surface area contributed by atoms with E-state index in [0.717, 1.165) is 21.0 Å². The smallest absolute Gasteiger partial charge is 0.269 e. The highest BCUT2D eigenvalue weighted by Crippen LogP contribution is 2.64. The Morgan fingerprint density at radius 3 is 2.22 bits per heavy atom. The molecule has 6 unspecified atom stereocenters. The van der Waals surface area contributed by atoms with Gasteiger partial charge in [-0.2, -0.15) is 5.01 Å². The minimum Gasteiger partial charge on any atom is -0.508 e. The van der Waals surface area contributed by atoms with Gasteiger partial charge in [-0.05, 0) is 79.6 Å². The summed E-state index contributed by atoms with van der Waals surface area (Å²) in [5.74, 6) is -5.34. The van der Waals surface area contributed by atoms with Crippen LogP contribution in [0.5, 0.6) is 5.75 Å². The Kier molecular flexibility index (Phi) is 7.41. The van der Waals surface area contributed by atoms with E-state index in [1.165, 1.54) is 24.3 Å². The summed E-state index contributed by atoms with van der Waals surface area (Å²) >= 11 is 0. The lowest BCUT2D eigenvalue weighted by Gasteiger charge is -2.50. The number of phenolic OH excluding ortho intramolecular Hbond substituents is 1. The average molecular weight is 683 g/mol. The van der Waals surface area contributed by atoms with E-state index in [9.17, 15) is 29.6 Å². The molecule has 4 aromatic rings. The zero-order chi connectivity index (χ0) is 35.8. The molecule has 4 aliphatic rings. The van der Waals surface area contributed by atoms with Gasteiger partial charge in [0.25, 0.3) is 17.5 Å². The molecule has 2 N–H and O–H groups in total. The van der Waals surface area contributed by atoms with Crippen LogP contribution in [-0.2, 0) is 24.6 Å². The first-order valence-electron chi connectivity index (χ1n) is 16.9. The summed E-state index contributed by atoms with van der Waals surface area (Å²) in [7, 11) is 0. The molecule has 256 valence electrons. The van der Waals surface area contributed by atoms with Gasteiger partial charge in [-0.15, -0.1) is 0 Å². The Balaban J connectivity index is 1.29. The monoisotopic (exact) mass is 682 g/mol. The van der Waals surface area contributed by atoms with E-state index in [0.29, 0.717) is 22.4 Å². The second-order valence-corrected chi connectivity index (χ2v) is 13.9. The predicted molar refractivity (Wildman–Crippen MR) is 187 cm³/mol. The highest BCUT2D eigenvalue weighted by molar-refractivity contribution is 6.22. The fraction of sp³-hybridized carbons (Fsp3) is 0.250. The molecule has 51 heavy (non-hydrogen) atoms. The fourth-order valence-electron chi connectivity index (χ4n) is 8.96. The van der Waals surface area contributed by atoms with E-state index in [2.05, 4.69) is 5.43 Å². The molecule has 0 spiro atoms. The minimum atomic E-state index is -1.42. The number of benzene rings is 4. The summed E-state index contributed by atoms with van der Waals surface area (Å²) in [5.41, 5.74) is 6.08. The third kappa shape index (κ3) is 4.71. The molecule has 8 rings (SSSR count). The molecule has 4 aromatic carbocycles. The molecule has 4 amide bonds. The molecule has 3 fully saturated rings. The lowest BCUT2D eigenvalue weighted by atomic mass is 9.49. The van der Waals surface area contributed by atoms with E-state index in [1.807, 2.05) is 61.5 Å². The van der Waals surface area contributed by atoms with Gasteiger partial charge in [-0.1, -0.05) is 71.8 Å². The third-order valence-electron chi connectivity index (χ3n) is 11.3. The van der Waals surface area contributed by atoms with Gasteiger partial charge in [0.2, 0.25) is 11.8 Å². The van der Waals surface area contributed by atoms with Crippen molar-refractivity contribution in [2.24, 2.45) is 23.7 Å². The number of carbonyl (C=O) groups excluding carboxylic acids is 4. The molecule has 2 aliphatic heterocycles. The molecular weight excluding hydrogens is 648 g/mol. The number of rotatable bonds is 6. The number of fused-ring (bicyclic) bond motifs is 4. The summed E-state index contributed by atoms with van der Waals surface area (Å²) in [6.45, 7) is 3.71. The van der Waals surface area contributed by atoms with Gasteiger partial charge in [0.15, 0.2) is 0 Å². The Hall–Kier alpha value is -6.10. The maximum atomic E-state index is 15.2. The van der Waals surface area contributed by atoms with Crippen molar-refractivity contribution in [1.82, 2.24) is 5.01 Å². The van der Waals surface area contributed by atoms with E-state index < -0.39 is 63.6 Å². The van der Waals surface area contributed by atoms with Crippen LogP contribution >= 0.6 is 0 Å². The SMILES string of the molecule is Cc1ccc(NN2C(=O)C3CC4C(=CCC5C(=O)N(c6ccc([N+](=O)[O-])cc6)C(=O)C54)C(c4ccc(O)c(C)c4)C3(c3ccccc3)C2=O)cc1. The number of hydrogen-bond donors (Lipinski definition) is 2. The number of amides is 4. The largest absolute Gasteiger partial charge is 0.508 e. The Labute approximate surface area is 293 Å². The number of non-ortho nitro benzene ring substituents is 1. The van der Waals surface area contributed by atoms with Crippen LogP contribution in [-0.4, -0.2) is 38.7 Å². The van der Waals surface area contributed by atoms with Crippen molar-refractivity contribution in [2.75, 3.05) is 10.3 Å². The molecular formula is C40H34N4O7. The topological polar surface area (TPSA) is 150 Å². The number of nitro groups is 1. The first-order chi connectivity index (χ1) is 24.5. The van der Waals surface area contributed by atoms with E-state index in [4.69, 9.17) is 0 Å². The van der Waals surface area contributed by atoms with Crippen LogP contribution < -0.4 is 10.3 Å². The summed E-state index contributed by atoms with van der Waals surface area (Å²) < 4.78 is 0. The zero-order valence-electron chi connectivity index (χ0n) is 27.9. The molecule has 0 aromatic heterocycles. The van der Waals surface area contributed by atoms with Crippen molar-refractivity contribution in [3.8, 4) is 5.75 Å². The summed E-state index contributed by atoms with van der Waals surface area (Å²) in [4.78, 5) is 70.2. The first-order valence-corrected chi connectivity index (χ1v) is 16.9. The van der Waals surface area contributed by atoms with Gasteiger partial charge in [0.1, 0.15) is 5.75 Å². The van der Waals surface area contributed by atoms with Gasteiger partial charge >= 0.3 is 0 Å².